The first-order valence-electron chi connectivity index (χ1n) is 3.61. The molecule has 0 heterocycles. The van der Waals surface area contributed by atoms with Crippen LogP contribution >= 0.6 is 11.6 Å². The average molecular weight is 215 g/mol. The predicted octanol–water partition coefficient (Wildman–Crippen LogP) is -1.91. The van der Waals surface area contributed by atoms with Crippen molar-refractivity contribution in [1.82, 2.24) is 0 Å². The van der Waals surface area contributed by atoms with E-state index in [0.29, 0.717) is 6.42 Å². The van der Waals surface area contributed by atoms with Gasteiger partial charge in [0.15, 0.2) is 0 Å². The molecule has 4 heteroatoms. The van der Waals surface area contributed by atoms with Gasteiger partial charge < -0.3 is 9.90 Å². The Kier molecular flexibility index (Phi) is 13.3. The molecule has 0 saturated heterocycles. The summed E-state index contributed by atoms with van der Waals surface area (Å²) in [6, 6.07) is 0. The number of carbonyl (C=O) groups excluding carboxylic acids is 1. The maximum Gasteiger partial charge on any atom is 1.00 e. The van der Waals surface area contributed by atoms with E-state index in [2.05, 4.69) is 6.58 Å². The summed E-state index contributed by atoms with van der Waals surface area (Å²) in [6.07, 6.45) is 3.93. The van der Waals surface area contributed by atoms with E-state index in [1.165, 1.54) is 0 Å². The minimum absolute atomic E-state index is 0. The smallest absolute Gasteiger partial charge is 0.550 e. The van der Waals surface area contributed by atoms with Gasteiger partial charge in [0.25, 0.3) is 0 Å². The predicted molar refractivity (Wildman–Crippen MR) is 43.3 cm³/mol. The number of hydrogen-bond donors (Lipinski definition) is 0. The first-order chi connectivity index (χ1) is 5.16. The third kappa shape index (κ3) is 11.1. The molecule has 0 rings (SSSR count). The molecule has 0 aliphatic rings. The molecule has 0 spiro atoms. The van der Waals surface area contributed by atoms with Crippen LogP contribution in [0.5, 0.6) is 0 Å². The van der Waals surface area contributed by atoms with Gasteiger partial charge in [-0.3, -0.25) is 0 Å². The van der Waals surface area contributed by atoms with Gasteiger partial charge in [0.05, 0.1) is 0 Å². The molecule has 64 valence electrons. The van der Waals surface area contributed by atoms with Crippen LogP contribution in [0.1, 0.15) is 25.7 Å². The average Bonchev–Trinajstić information content (AvgIpc) is 1.97. The minimum atomic E-state index is -1.03. The molecular formula is C8H12ClKO2. The Morgan fingerprint density at radius 1 is 1.58 bits per heavy atom. The molecule has 12 heavy (non-hydrogen) atoms. The van der Waals surface area contributed by atoms with Crippen molar-refractivity contribution in [3.63, 3.8) is 0 Å². The molecular weight excluding hydrogens is 203 g/mol. The van der Waals surface area contributed by atoms with Crippen LogP contribution in [0.15, 0.2) is 12.7 Å². The van der Waals surface area contributed by atoms with E-state index in [1.54, 1.807) is 6.08 Å². The van der Waals surface area contributed by atoms with Gasteiger partial charge in [0, 0.05) is 11.3 Å². The van der Waals surface area contributed by atoms with Crippen molar-refractivity contribution >= 4 is 17.6 Å². The van der Waals surface area contributed by atoms with Crippen molar-refractivity contribution in [2.45, 2.75) is 31.1 Å². The Labute approximate surface area is 121 Å². The number of aliphatic carboxylic acids is 1. The number of carboxylic acid groups (broad SMARTS) is 1. The second-order valence-electron chi connectivity index (χ2n) is 2.37. The minimum Gasteiger partial charge on any atom is -0.550 e. The molecule has 0 N–H and O–H groups in total. The van der Waals surface area contributed by atoms with Gasteiger partial charge in [-0.25, -0.2) is 0 Å². The van der Waals surface area contributed by atoms with Crippen molar-refractivity contribution in [2.24, 2.45) is 0 Å². The quantitative estimate of drug-likeness (QED) is 0.294. The van der Waals surface area contributed by atoms with E-state index < -0.39 is 5.97 Å². The molecule has 0 aromatic rings. The first-order valence-corrected chi connectivity index (χ1v) is 4.05. The van der Waals surface area contributed by atoms with E-state index in [-0.39, 0.29) is 63.2 Å². The zero-order valence-electron chi connectivity index (χ0n) is 7.38. The van der Waals surface area contributed by atoms with Crippen LogP contribution in [-0.2, 0) is 4.79 Å². The molecule has 0 aromatic heterocycles. The summed E-state index contributed by atoms with van der Waals surface area (Å²) in [5.41, 5.74) is 0. The van der Waals surface area contributed by atoms with E-state index in [1.807, 2.05) is 0 Å². The van der Waals surface area contributed by atoms with Crippen LogP contribution in [0.25, 0.3) is 0 Å². The maximum atomic E-state index is 9.99. The maximum absolute atomic E-state index is 9.99. The summed E-state index contributed by atoms with van der Waals surface area (Å²) in [5, 5.41) is 9.92. The van der Waals surface area contributed by atoms with Gasteiger partial charge in [-0.05, 0) is 25.7 Å². The van der Waals surface area contributed by atoms with Crippen LogP contribution in [0.4, 0.5) is 0 Å². The van der Waals surface area contributed by atoms with Crippen molar-refractivity contribution in [1.29, 1.82) is 0 Å². The summed E-state index contributed by atoms with van der Waals surface area (Å²) in [5.74, 6) is -1.03. The molecule has 1 atom stereocenters. The third-order valence-corrected chi connectivity index (χ3v) is 1.78. The Morgan fingerprint density at radius 2 is 2.17 bits per heavy atom. The fourth-order valence-electron chi connectivity index (χ4n) is 0.718. The van der Waals surface area contributed by atoms with Crippen LogP contribution in [-0.4, -0.2) is 11.3 Å². The molecule has 0 fully saturated rings. The number of halogens is 1. The van der Waals surface area contributed by atoms with Gasteiger partial charge >= 0.3 is 51.4 Å². The normalized spacial score (nSPS) is 11.4. The Bertz CT molecular complexity index is 139. The van der Waals surface area contributed by atoms with Gasteiger partial charge in [-0.2, -0.15) is 0 Å². The SMILES string of the molecule is C=CCCC(Cl)CCC(=O)[O-].[K+]. The topological polar surface area (TPSA) is 40.1 Å². The van der Waals surface area contributed by atoms with Crippen LogP contribution in [0.2, 0.25) is 0 Å². The molecule has 2 nitrogen and oxygen atoms in total. The first kappa shape index (κ1) is 15.6. The largest absolute Gasteiger partial charge is 1.00 e. The monoisotopic (exact) mass is 214 g/mol. The van der Waals surface area contributed by atoms with E-state index in [9.17, 15) is 9.90 Å². The third-order valence-electron chi connectivity index (χ3n) is 1.35. The number of alkyl halides is 1. The zero-order valence-corrected chi connectivity index (χ0v) is 11.3. The van der Waals surface area contributed by atoms with E-state index >= 15 is 0 Å². The second kappa shape index (κ2) is 10.2. The van der Waals surface area contributed by atoms with Gasteiger partial charge in [-0.15, -0.1) is 18.2 Å². The fraction of sp³-hybridized carbons (Fsp3) is 0.625. The summed E-state index contributed by atoms with van der Waals surface area (Å²) >= 11 is 5.76. The molecule has 0 aliphatic heterocycles. The molecule has 1 unspecified atom stereocenters. The summed E-state index contributed by atoms with van der Waals surface area (Å²) in [6.45, 7) is 3.54. The van der Waals surface area contributed by atoms with Crippen molar-refractivity contribution < 1.29 is 61.3 Å². The van der Waals surface area contributed by atoms with Crippen molar-refractivity contribution in [2.75, 3.05) is 0 Å². The van der Waals surface area contributed by atoms with Gasteiger partial charge in [-0.1, -0.05) is 6.08 Å². The Balaban J connectivity index is 0. The van der Waals surface area contributed by atoms with Crippen molar-refractivity contribution in [3.8, 4) is 0 Å². The van der Waals surface area contributed by atoms with Crippen LogP contribution in [0.3, 0.4) is 0 Å². The standard InChI is InChI=1S/C8H13ClO2.K/c1-2-3-4-7(9)5-6-8(10)11;/h2,7H,1,3-6H2,(H,10,11);/q;+1/p-1. The molecule has 0 bridgehead atoms. The summed E-state index contributed by atoms with van der Waals surface area (Å²) < 4.78 is 0. The van der Waals surface area contributed by atoms with E-state index in [4.69, 9.17) is 11.6 Å². The molecule has 0 amide bonds. The molecule has 0 saturated carbocycles. The van der Waals surface area contributed by atoms with E-state index in [0.717, 1.165) is 12.8 Å². The fourth-order valence-corrected chi connectivity index (χ4v) is 0.953. The molecule has 0 aliphatic carbocycles. The van der Waals surface area contributed by atoms with Crippen LogP contribution in [0, 0.1) is 0 Å². The number of allylic oxidation sites excluding steroid dienone is 1. The number of rotatable bonds is 6. The van der Waals surface area contributed by atoms with Gasteiger partial charge in [0.2, 0.25) is 0 Å². The number of hydrogen-bond acceptors (Lipinski definition) is 2. The zero-order chi connectivity index (χ0) is 8.69. The van der Waals surface area contributed by atoms with Crippen molar-refractivity contribution in [3.05, 3.63) is 12.7 Å². The number of carbonyl (C=O) groups is 1. The summed E-state index contributed by atoms with van der Waals surface area (Å²) in [4.78, 5) is 9.99. The summed E-state index contributed by atoms with van der Waals surface area (Å²) in [7, 11) is 0. The number of carboxylic acids is 1. The Hall–Kier alpha value is 1.14. The Morgan fingerprint density at radius 3 is 2.58 bits per heavy atom. The molecule has 0 aromatic carbocycles. The molecule has 0 radical (unpaired) electrons. The van der Waals surface area contributed by atoms with Crippen LogP contribution < -0.4 is 56.5 Å². The second-order valence-corrected chi connectivity index (χ2v) is 2.99. The van der Waals surface area contributed by atoms with Gasteiger partial charge in [0.1, 0.15) is 0 Å².